The summed E-state index contributed by atoms with van der Waals surface area (Å²) >= 11 is 5.82. The lowest BCUT2D eigenvalue weighted by molar-refractivity contribution is 0.188. The Morgan fingerprint density at radius 1 is 1.25 bits per heavy atom. The maximum atomic E-state index is 8.84. The molecule has 0 saturated carbocycles. The number of aliphatic hydroxyl groups excluding tert-OH is 1. The molecule has 0 radical (unpaired) electrons. The molecule has 0 bridgehead atoms. The number of aliphatic hydroxyl groups is 1. The van der Waals surface area contributed by atoms with Gasteiger partial charge in [-0.2, -0.15) is 0 Å². The zero-order chi connectivity index (χ0) is 11.4. The van der Waals surface area contributed by atoms with Crippen LogP contribution in [-0.4, -0.2) is 59.3 Å². The molecule has 6 heteroatoms. The zero-order valence-electron chi connectivity index (χ0n) is 9.01. The van der Waals surface area contributed by atoms with E-state index in [1.165, 1.54) is 6.33 Å². The van der Waals surface area contributed by atoms with Gasteiger partial charge in [-0.05, 0) is 0 Å². The molecule has 0 aromatic carbocycles. The van der Waals surface area contributed by atoms with Crippen molar-refractivity contribution in [2.24, 2.45) is 0 Å². The predicted octanol–water partition coefficient (Wildman–Crippen LogP) is 0.244. The Morgan fingerprint density at radius 2 is 2.00 bits per heavy atom. The van der Waals surface area contributed by atoms with Crippen molar-refractivity contribution in [1.29, 1.82) is 0 Å². The van der Waals surface area contributed by atoms with Crippen LogP contribution in [0, 0.1) is 0 Å². The first-order chi connectivity index (χ1) is 7.79. The molecule has 1 aromatic heterocycles. The Hall–Kier alpha value is -0.910. The minimum absolute atomic E-state index is 0.222. The van der Waals surface area contributed by atoms with Crippen molar-refractivity contribution in [2.45, 2.75) is 0 Å². The summed E-state index contributed by atoms with van der Waals surface area (Å²) in [5, 5.41) is 9.32. The Bertz CT molecular complexity index is 341. The number of halogens is 1. The second-order valence-corrected chi connectivity index (χ2v) is 4.14. The highest BCUT2D eigenvalue weighted by Crippen LogP contribution is 2.15. The normalized spacial score (nSPS) is 17.8. The summed E-state index contributed by atoms with van der Waals surface area (Å²) in [7, 11) is 0. The van der Waals surface area contributed by atoms with Crippen molar-refractivity contribution < 1.29 is 5.11 Å². The molecule has 1 fully saturated rings. The molecule has 1 aromatic rings. The van der Waals surface area contributed by atoms with Gasteiger partial charge < -0.3 is 10.0 Å². The van der Waals surface area contributed by atoms with Gasteiger partial charge in [-0.3, -0.25) is 4.90 Å². The van der Waals surface area contributed by atoms with E-state index in [1.807, 2.05) is 0 Å². The molecule has 0 spiro atoms. The lowest BCUT2D eigenvalue weighted by Gasteiger charge is -2.34. The van der Waals surface area contributed by atoms with Gasteiger partial charge in [-0.15, -0.1) is 0 Å². The van der Waals surface area contributed by atoms with Crippen molar-refractivity contribution in [1.82, 2.24) is 14.9 Å². The van der Waals surface area contributed by atoms with Crippen molar-refractivity contribution >= 4 is 17.4 Å². The van der Waals surface area contributed by atoms with E-state index in [4.69, 9.17) is 16.7 Å². The Labute approximate surface area is 99.7 Å². The third-order valence-electron chi connectivity index (χ3n) is 2.73. The van der Waals surface area contributed by atoms with Crippen LogP contribution in [0.25, 0.3) is 0 Å². The fourth-order valence-corrected chi connectivity index (χ4v) is 1.98. The van der Waals surface area contributed by atoms with Gasteiger partial charge in [0.15, 0.2) is 0 Å². The minimum Gasteiger partial charge on any atom is -0.395 e. The Kier molecular flexibility index (Phi) is 3.93. The van der Waals surface area contributed by atoms with Crippen molar-refractivity contribution in [3.63, 3.8) is 0 Å². The maximum absolute atomic E-state index is 8.84. The van der Waals surface area contributed by atoms with Crippen LogP contribution in [0.15, 0.2) is 12.4 Å². The smallest absolute Gasteiger partial charge is 0.134 e. The Balaban J connectivity index is 1.94. The Morgan fingerprint density at radius 3 is 2.62 bits per heavy atom. The van der Waals surface area contributed by atoms with Gasteiger partial charge in [-0.1, -0.05) is 11.6 Å². The number of nitrogens with zero attached hydrogens (tertiary/aromatic N) is 4. The number of hydrogen-bond donors (Lipinski definition) is 1. The highest BCUT2D eigenvalue weighted by molar-refractivity contribution is 6.29. The molecule has 0 aliphatic carbocycles. The first-order valence-electron chi connectivity index (χ1n) is 5.35. The topological polar surface area (TPSA) is 52.5 Å². The van der Waals surface area contributed by atoms with Gasteiger partial charge >= 0.3 is 0 Å². The van der Waals surface area contributed by atoms with Crippen LogP contribution >= 0.6 is 11.6 Å². The quantitative estimate of drug-likeness (QED) is 0.770. The van der Waals surface area contributed by atoms with Gasteiger partial charge in [0.2, 0.25) is 0 Å². The molecule has 0 amide bonds. The van der Waals surface area contributed by atoms with Crippen LogP contribution in [0.2, 0.25) is 5.15 Å². The number of β-amino-alcohol motifs (C(OH)–C–C–N with tert-alkyl or cyclic N) is 1. The molecule has 2 heterocycles. The molecule has 5 nitrogen and oxygen atoms in total. The van der Waals surface area contributed by atoms with Gasteiger partial charge in [0.25, 0.3) is 0 Å². The van der Waals surface area contributed by atoms with Crippen LogP contribution in [0.1, 0.15) is 0 Å². The van der Waals surface area contributed by atoms with Gasteiger partial charge in [-0.25, -0.2) is 9.97 Å². The predicted molar refractivity (Wildman–Crippen MR) is 62.8 cm³/mol. The summed E-state index contributed by atoms with van der Waals surface area (Å²) < 4.78 is 0. The lowest BCUT2D eigenvalue weighted by atomic mass is 10.3. The molecule has 1 N–H and O–H groups in total. The first-order valence-corrected chi connectivity index (χ1v) is 5.73. The molecule has 0 atom stereocenters. The molecule has 1 saturated heterocycles. The van der Waals surface area contributed by atoms with Crippen molar-refractivity contribution in [3.8, 4) is 0 Å². The fraction of sp³-hybridized carbons (Fsp3) is 0.600. The average molecular weight is 243 g/mol. The summed E-state index contributed by atoms with van der Waals surface area (Å²) in [5.74, 6) is 0.878. The third kappa shape index (κ3) is 2.81. The van der Waals surface area contributed by atoms with Gasteiger partial charge in [0.1, 0.15) is 17.3 Å². The number of rotatable bonds is 3. The summed E-state index contributed by atoms with van der Waals surface area (Å²) in [6.45, 7) is 4.68. The van der Waals surface area contributed by atoms with Crippen molar-refractivity contribution in [3.05, 3.63) is 17.5 Å². The van der Waals surface area contributed by atoms with E-state index < -0.39 is 0 Å². The largest absolute Gasteiger partial charge is 0.395 e. The standard InChI is InChI=1S/C10H15ClN4O/c11-9-7-10(13-8-12-9)15-3-1-14(2-4-15)5-6-16/h7-8,16H,1-6H2. The van der Waals surface area contributed by atoms with E-state index in [0.29, 0.717) is 5.15 Å². The highest BCUT2D eigenvalue weighted by Gasteiger charge is 2.17. The lowest BCUT2D eigenvalue weighted by Crippen LogP contribution is -2.47. The molecule has 0 unspecified atom stereocenters. The van der Waals surface area contributed by atoms with Crippen LogP contribution in [-0.2, 0) is 0 Å². The third-order valence-corrected chi connectivity index (χ3v) is 2.94. The fourth-order valence-electron chi connectivity index (χ4n) is 1.84. The minimum atomic E-state index is 0.222. The molecular weight excluding hydrogens is 228 g/mol. The number of anilines is 1. The molecule has 2 rings (SSSR count). The van der Waals surface area contributed by atoms with E-state index in [9.17, 15) is 0 Å². The first kappa shape index (κ1) is 11.6. The van der Waals surface area contributed by atoms with E-state index >= 15 is 0 Å². The summed E-state index contributed by atoms with van der Waals surface area (Å²) in [4.78, 5) is 12.5. The summed E-state index contributed by atoms with van der Waals surface area (Å²) in [6, 6.07) is 1.78. The SMILES string of the molecule is OCCN1CCN(c2cc(Cl)ncn2)CC1. The summed E-state index contributed by atoms with van der Waals surface area (Å²) in [5.41, 5.74) is 0. The molecule has 16 heavy (non-hydrogen) atoms. The molecule has 88 valence electrons. The number of piperazine rings is 1. The van der Waals surface area contributed by atoms with Crippen LogP contribution < -0.4 is 4.90 Å². The van der Waals surface area contributed by atoms with Crippen LogP contribution in [0.4, 0.5) is 5.82 Å². The van der Waals surface area contributed by atoms with Crippen LogP contribution in [0.5, 0.6) is 0 Å². The molecule has 1 aliphatic rings. The van der Waals surface area contributed by atoms with Crippen LogP contribution in [0.3, 0.4) is 0 Å². The van der Waals surface area contributed by atoms with Gasteiger partial charge in [0.05, 0.1) is 6.61 Å². The summed E-state index contributed by atoms with van der Waals surface area (Å²) in [6.07, 6.45) is 1.48. The van der Waals surface area contributed by atoms with E-state index in [2.05, 4.69) is 19.8 Å². The number of aromatic nitrogens is 2. The highest BCUT2D eigenvalue weighted by atomic mass is 35.5. The average Bonchev–Trinajstić information content (AvgIpc) is 2.30. The van der Waals surface area contributed by atoms with Crippen molar-refractivity contribution in [2.75, 3.05) is 44.2 Å². The second kappa shape index (κ2) is 5.43. The number of hydrogen-bond acceptors (Lipinski definition) is 5. The second-order valence-electron chi connectivity index (χ2n) is 3.75. The molecule has 1 aliphatic heterocycles. The maximum Gasteiger partial charge on any atom is 0.134 e. The van der Waals surface area contributed by atoms with E-state index in [0.717, 1.165) is 38.5 Å². The molecular formula is C10H15ClN4O. The van der Waals surface area contributed by atoms with Gasteiger partial charge in [0, 0.05) is 38.8 Å². The zero-order valence-corrected chi connectivity index (χ0v) is 9.77. The monoisotopic (exact) mass is 242 g/mol. The van der Waals surface area contributed by atoms with E-state index in [-0.39, 0.29) is 6.61 Å². The van der Waals surface area contributed by atoms with E-state index in [1.54, 1.807) is 6.07 Å².